The molecule has 1 aliphatic heterocycles. The van der Waals surface area contributed by atoms with E-state index in [-0.39, 0.29) is 11.5 Å². The third-order valence-electron chi connectivity index (χ3n) is 4.95. The first kappa shape index (κ1) is 17.3. The summed E-state index contributed by atoms with van der Waals surface area (Å²) >= 11 is 0. The number of amides is 1. The van der Waals surface area contributed by atoms with Crippen LogP contribution in [0.5, 0.6) is 0 Å². The van der Waals surface area contributed by atoms with E-state index in [1.54, 1.807) is 29.6 Å². The van der Waals surface area contributed by atoms with Gasteiger partial charge in [-0.3, -0.25) is 4.79 Å². The maximum absolute atomic E-state index is 13.9. The molecule has 0 radical (unpaired) electrons. The van der Waals surface area contributed by atoms with Gasteiger partial charge in [-0.2, -0.15) is 0 Å². The van der Waals surface area contributed by atoms with E-state index in [9.17, 15) is 9.18 Å². The van der Waals surface area contributed by atoms with E-state index in [0.29, 0.717) is 19.0 Å². The molecule has 27 heavy (non-hydrogen) atoms. The average molecular weight is 365 g/mol. The molecule has 0 saturated carbocycles. The number of hydrogen-bond donors (Lipinski definition) is 0. The van der Waals surface area contributed by atoms with Gasteiger partial charge >= 0.3 is 0 Å². The molecule has 1 amide bonds. The van der Waals surface area contributed by atoms with Gasteiger partial charge in [0.05, 0.1) is 5.56 Å². The first-order valence-electron chi connectivity index (χ1n) is 8.94. The second-order valence-corrected chi connectivity index (χ2v) is 6.85. The number of carbonyl (C=O) groups excluding carboxylic acids is 1. The first-order valence-corrected chi connectivity index (χ1v) is 8.94. The zero-order valence-corrected chi connectivity index (χ0v) is 15.0. The number of aromatic nitrogens is 4. The lowest BCUT2D eigenvalue weighted by Gasteiger charge is -2.17. The van der Waals surface area contributed by atoms with Crippen molar-refractivity contribution in [3.05, 3.63) is 66.1 Å². The number of rotatable bonds is 4. The van der Waals surface area contributed by atoms with Crippen LogP contribution in [0.25, 0.3) is 11.5 Å². The molecule has 1 aliphatic rings. The van der Waals surface area contributed by atoms with Crippen molar-refractivity contribution in [3.63, 3.8) is 0 Å². The lowest BCUT2D eigenvalue weighted by atomic mass is 10.0. The number of carbonyl (C=O) groups is 1. The van der Waals surface area contributed by atoms with Gasteiger partial charge < -0.3 is 9.47 Å². The SMILES string of the molecule is Cn1ccnc1-c1cc(C[C@@H]2CCN(C(=O)c3ccccc3F)C2)ncn1. The first-order chi connectivity index (χ1) is 13.1. The summed E-state index contributed by atoms with van der Waals surface area (Å²) in [5.74, 6) is 0.375. The lowest BCUT2D eigenvalue weighted by molar-refractivity contribution is 0.0782. The van der Waals surface area contributed by atoms with Crippen molar-refractivity contribution < 1.29 is 9.18 Å². The molecule has 0 spiro atoms. The number of likely N-dealkylation sites (tertiary alicyclic amines) is 1. The van der Waals surface area contributed by atoms with Gasteiger partial charge in [0.25, 0.3) is 5.91 Å². The molecule has 4 rings (SSSR count). The molecule has 1 saturated heterocycles. The Bertz CT molecular complexity index is 970. The summed E-state index contributed by atoms with van der Waals surface area (Å²) in [4.78, 5) is 27.3. The lowest BCUT2D eigenvalue weighted by Crippen LogP contribution is -2.29. The number of nitrogens with zero attached hydrogens (tertiary/aromatic N) is 5. The van der Waals surface area contributed by atoms with E-state index in [1.165, 1.54) is 12.1 Å². The van der Waals surface area contributed by atoms with E-state index >= 15 is 0 Å². The summed E-state index contributed by atoms with van der Waals surface area (Å²) in [6.45, 7) is 1.24. The van der Waals surface area contributed by atoms with Crippen LogP contribution in [0.3, 0.4) is 0 Å². The highest BCUT2D eigenvalue weighted by atomic mass is 19.1. The third kappa shape index (κ3) is 3.58. The number of imidazole rings is 1. The molecular weight excluding hydrogens is 345 g/mol. The molecule has 0 aliphatic carbocycles. The van der Waals surface area contributed by atoms with Crippen molar-refractivity contribution in [2.75, 3.05) is 13.1 Å². The van der Waals surface area contributed by atoms with Crippen LogP contribution in [0.4, 0.5) is 4.39 Å². The standard InChI is InChI=1S/C20H20FN5O/c1-25-9-7-22-19(25)18-11-15(23-13-24-18)10-14-6-8-26(12-14)20(27)16-4-2-3-5-17(16)21/h2-5,7,9,11,13-14H,6,8,10,12H2,1H3/t14-/m0/s1. The van der Waals surface area contributed by atoms with Gasteiger partial charge in [-0.1, -0.05) is 12.1 Å². The van der Waals surface area contributed by atoms with Gasteiger partial charge in [0, 0.05) is 38.2 Å². The zero-order valence-electron chi connectivity index (χ0n) is 15.0. The quantitative estimate of drug-likeness (QED) is 0.713. The molecule has 0 bridgehead atoms. The van der Waals surface area contributed by atoms with Crippen LogP contribution in [0.15, 0.2) is 49.1 Å². The van der Waals surface area contributed by atoms with Crippen LogP contribution < -0.4 is 0 Å². The average Bonchev–Trinajstić information content (AvgIpc) is 3.31. The summed E-state index contributed by atoms with van der Waals surface area (Å²) in [6.07, 6.45) is 6.79. The highest BCUT2D eigenvalue weighted by molar-refractivity contribution is 5.94. The van der Waals surface area contributed by atoms with Crippen LogP contribution >= 0.6 is 0 Å². The largest absolute Gasteiger partial charge is 0.338 e. The molecule has 1 aromatic carbocycles. The molecule has 138 valence electrons. The van der Waals surface area contributed by atoms with Crippen LogP contribution in [-0.2, 0) is 13.5 Å². The van der Waals surface area contributed by atoms with Crippen molar-refractivity contribution >= 4 is 5.91 Å². The molecule has 1 fully saturated rings. The fourth-order valence-corrected chi connectivity index (χ4v) is 3.53. The van der Waals surface area contributed by atoms with E-state index in [2.05, 4.69) is 15.0 Å². The van der Waals surface area contributed by atoms with Crippen molar-refractivity contribution in [2.45, 2.75) is 12.8 Å². The zero-order chi connectivity index (χ0) is 18.8. The molecule has 6 nitrogen and oxygen atoms in total. The topological polar surface area (TPSA) is 63.9 Å². The number of halogens is 1. The minimum absolute atomic E-state index is 0.136. The minimum atomic E-state index is -0.471. The van der Waals surface area contributed by atoms with Crippen molar-refractivity contribution in [1.82, 2.24) is 24.4 Å². The molecule has 7 heteroatoms. The van der Waals surface area contributed by atoms with Crippen LogP contribution in [0.2, 0.25) is 0 Å². The highest BCUT2D eigenvalue weighted by Gasteiger charge is 2.28. The summed E-state index contributed by atoms with van der Waals surface area (Å²) in [7, 11) is 1.92. The van der Waals surface area contributed by atoms with Gasteiger partial charge in [-0.05, 0) is 37.0 Å². The van der Waals surface area contributed by atoms with Gasteiger partial charge in [-0.25, -0.2) is 19.3 Å². The van der Waals surface area contributed by atoms with E-state index in [4.69, 9.17) is 0 Å². The third-order valence-corrected chi connectivity index (χ3v) is 4.95. The predicted molar refractivity (Wildman–Crippen MR) is 98.3 cm³/mol. The Labute approximate surface area is 156 Å². The molecular formula is C20H20FN5O. The monoisotopic (exact) mass is 365 g/mol. The Morgan fingerprint density at radius 2 is 2.11 bits per heavy atom. The Hall–Kier alpha value is -3.09. The van der Waals surface area contributed by atoms with E-state index in [1.807, 2.05) is 23.9 Å². The summed E-state index contributed by atoms with van der Waals surface area (Å²) in [5.41, 5.74) is 1.84. The van der Waals surface area contributed by atoms with Crippen molar-refractivity contribution in [1.29, 1.82) is 0 Å². The molecule has 0 unspecified atom stereocenters. The second-order valence-electron chi connectivity index (χ2n) is 6.85. The van der Waals surface area contributed by atoms with Gasteiger partial charge in [0.15, 0.2) is 5.82 Å². The maximum Gasteiger partial charge on any atom is 0.256 e. The number of benzene rings is 1. The van der Waals surface area contributed by atoms with Gasteiger partial charge in [0.1, 0.15) is 17.8 Å². The van der Waals surface area contributed by atoms with Crippen LogP contribution in [0.1, 0.15) is 22.5 Å². The Kier molecular flexibility index (Phi) is 4.66. The van der Waals surface area contributed by atoms with Gasteiger partial charge in [-0.15, -0.1) is 0 Å². The maximum atomic E-state index is 13.9. The minimum Gasteiger partial charge on any atom is -0.338 e. The number of aryl methyl sites for hydroxylation is 1. The van der Waals surface area contributed by atoms with E-state index in [0.717, 1.165) is 30.1 Å². The summed E-state index contributed by atoms with van der Waals surface area (Å²) in [6, 6.07) is 8.08. The molecule has 1 atom stereocenters. The Morgan fingerprint density at radius 3 is 2.89 bits per heavy atom. The van der Waals surface area contributed by atoms with Crippen LogP contribution in [-0.4, -0.2) is 43.4 Å². The fourth-order valence-electron chi connectivity index (χ4n) is 3.53. The summed E-state index contributed by atoms with van der Waals surface area (Å²) in [5, 5.41) is 0. The molecule has 3 aromatic rings. The van der Waals surface area contributed by atoms with Crippen molar-refractivity contribution in [3.8, 4) is 11.5 Å². The summed E-state index contributed by atoms with van der Waals surface area (Å²) < 4.78 is 15.8. The van der Waals surface area contributed by atoms with Crippen molar-refractivity contribution in [2.24, 2.45) is 13.0 Å². The fraction of sp³-hybridized carbons (Fsp3) is 0.300. The second kappa shape index (κ2) is 7.26. The van der Waals surface area contributed by atoms with E-state index < -0.39 is 5.82 Å². The molecule has 0 N–H and O–H groups in total. The highest BCUT2D eigenvalue weighted by Crippen LogP contribution is 2.24. The van der Waals surface area contributed by atoms with Crippen LogP contribution in [0, 0.1) is 11.7 Å². The smallest absolute Gasteiger partial charge is 0.256 e. The van der Waals surface area contributed by atoms with Gasteiger partial charge in [0.2, 0.25) is 0 Å². The Balaban J connectivity index is 1.44. The molecule has 2 aromatic heterocycles. The number of hydrogen-bond acceptors (Lipinski definition) is 4. The Morgan fingerprint density at radius 1 is 1.26 bits per heavy atom. The predicted octanol–water partition coefficient (Wildman–Crippen LogP) is 2.72. The molecule has 3 heterocycles. The normalized spacial score (nSPS) is 16.7.